The van der Waals surface area contributed by atoms with Crippen LogP contribution in [-0.4, -0.2) is 43.7 Å². The van der Waals surface area contributed by atoms with Crippen LogP contribution in [0.1, 0.15) is 36.8 Å². The fourth-order valence-electron chi connectivity index (χ4n) is 3.80. The minimum atomic E-state index is -3.66. The van der Waals surface area contributed by atoms with Crippen molar-refractivity contribution < 1.29 is 18.0 Å². The highest BCUT2D eigenvalue weighted by Crippen LogP contribution is 2.27. The second-order valence-electron chi connectivity index (χ2n) is 8.04. The van der Waals surface area contributed by atoms with Gasteiger partial charge in [-0.05, 0) is 74.6 Å². The second-order valence-corrected chi connectivity index (χ2v) is 10.4. The van der Waals surface area contributed by atoms with E-state index in [0.29, 0.717) is 30.1 Å². The zero-order valence-corrected chi connectivity index (χ0v) is 19.8. The predicted molar refractivity (Wildman–Crippen MR) is 125 cm³/mol. The maximum atomic E-state index is 13.1. The normalized spacial score (nSPS) is 17.0. The molecule has 0 aliphatic carbocycles. The molecule has 1 fully saturated rings. The summed E-state index contributed by atoms with van der Waals surface area (Å²) in [7, 11) is -3.66. The lowest BCUT2D eigenvalue weighted by atomic mass is 10.0. The highest BCUT2D eigenvalue weighted by Gasteiger charge is 2.33. The number of carbonyl (C=O) groups is 2. The number of hydrogen-bond donors (Lipinski definition) is 2. The summed E-state index contributed by atoms with van der Waals surface area (Å²) in [5.74, 6) is -1.48. The van der Waals surface area contributed by atoms with Gasteiger partial charge in [-0.3, -0.25) is 9.59 Å². The number of anilines is 1. The molecule has 7 nitrogen and oxygen atoms in total. The SMILES string of the molecule is Cc1ccc(C)c(NC(=O)C(=O)NCC[C@H]2CCCCN2S(=O)(=O)c2ccc(Cl)cc2)c1. The number of carbonyl (C=O) groups excluding carboxylic acids is 2. The van der Waals surface area contributed by atoms with Crippen molar-refractivity contribution in [3.63, 3.8) is 0 Å². The van der Waals surface area contributed by atoms with Crippen LogP contribution in [0.4, 0.5) is 5.69 Å². The molecule has 2 aromatic rings. The van der Waals surface area contributed by atoms with Crippen molar-refractivity contribution in [3.05, 3.63) is 58.6 Å². The largest absolute Gasteiger partial charge is 0.348 e. The topological polar surface area (TPSA) is 95.6 Å². The Morgan fingerprint density at radius 2 is 1.78 bits per heavy atom. The third-order valence-electron chi connectivity index (χ3n) is 5.60. The Morgan fingerprint density at radius 1 is 1.06 bits per heavy atom. The first-order valence-corrected chi connectivity index (χ1v) is 12.4. The Bertz CT molecular complexity index is 1090. The van der Waals surface area contributed by atoms with Crippen molar-refractivity contribution in [2.45, 2.75) is 50.5 Å². The number of benzene rings is 2. The average Bonchev–Trinajstić information content (AvgIpc) is 2.76. The highest BCUT2D eigenvalue weighted by molar-refractivity contribution is 7.89. The molecular formula is C23H28ClN3O4S. The third-order valence-corrected chi connectivity index (χ3v) is 7.82. The van der Waals surface area contributed by atoms with Crippen molar-refractivity contribution in [1.29, 1.82) is 0 Å². The van der Waals surface area contributed by atoms with Crippen molar-refractivity contribution >= 4 is 39.1 Å². The van der Waals surface area contributed by atoms with E-state index in [2.05, 4.69) is 10.6 Å². The van der Waals surface area contributed by atoms with Crippen LogP contribution in [0.15, 0.2) is 47.4 Å². The van der Waals surface area contributed by atoms with Gasteiger partial charge < -0.3 is 10.6 Å². The van der Waals surface area contributed by atoms with Crippen LogP contribution >= 0.6 is 11.6 Å². The summed E-state index contributed by atoms with van der Waals surface area (Å²) in [6.07, 6.45) is 2.83. The van der Waals surface area contributed by atoms with Crippen molar-refractivity contribution in [2.75, 3.05) is 18.4 Å². The van der Waals surface area contributed by atoms with E-state index in [1.165, 1.54) is 16.4 Å². The molecule has 1 aliphatic heterocycles. The summed E-state index contributed by atoms with van der Waals surface area (Å²) >= 11 is 5.89. The smallest absolute Gasteiger partial charge is 0.313 e. The van der Waals surface area contributed by atoms with Gasteiger partial charge in [0.05, 0.1) is 4.90 Å². The summed E-state index contributed by atoms with van der Waals surface area (Å²) in [5, 5.41) is 5.72. The zero-order chi connectivity index (χ0) is 23.3. The van der Waals surface area contributed by atoms with E-state index in [0.717, 1.165) is 24.0 Å². The van der Waals surface area contributed by atoms with Crippen LogP contribution < -0.4 is 10.6 Å². The number of nitrogens with zero attached hydrogens (tertiary/aromatic N) is 1. The second kappa shape index (κ2) is 10.5. The van der Waals surface area contributed by atoms with Crippen LogP contribution in [0, 0.1) is 13.8 Å². The number of rotatable bonds is 6. The first-order chi connectivity index (χ1) is 15.2. The molecule has 0 unspecified atom stereocenters. The molecule has 9 heteroatoms. The van der Waals surface area contributed by atoms with E-state index in [1.54, 1.807) is 12.1 Å². The van der Waals surface area contributed by atoms with Crippen LogP contribution in [0.3, 0.4) is 0 Å². The van der Waals surface area contributed by atoms with E-state index in [4.69, 9.17) is 11.6 Å². The molecule has 0 aromatic heterocycles. The molecule has 172 valence electrons. The van der Waals surface area contributed by atoms with Gasteiger partial charge in [-0.25, -0.2) is 8.42 Å². The number of amides is 2. The maximum absolute atomic E-state index is 13.1. The van der Waals surface area contributed by atoms with Gasteiger partial charge >= 0.3 is 11.8 Å². The molecular weight excluding hydrogens is 450 g/mol. The Hall–Kier alpha value is -2.42. The van der Waals surface area contributed by atoms with E-state index in [-0.39, 0.29) is 17.5 Å². The molecule has 0 radical (unpaired) electrons. The number of piperidine rings is 1. The standard InChI is InChI=1S/C23H28ClN3O4S/c1-16-6-7-17(2)21(15-16)26-23(29)22(28)25-13-12-19-5-3-4-14-27(19)32(30,31)20-10-8-18(24)9-11-20/h6-11,15,19H,3-5,12-14H2,1-2H3,(H,25,28)(H,26,29)/t19-/m1/s1. The first-order valence-electron chi connectivity index (χ1n) is 10.6. The van der Waals surface area contributed by atoms with E-state index in [9.17, 15) is 18.0 Å². The number of aryl methyl sites for hydroxylation is 2. The summed E-state index contributed by atoms with van der Waals surface area (Å²) in [4.78, 5) is 24.7. The Kier molecular flexibility index (Phi) is 7.92. The molecule has 0 spiro atoms. The monoisotopic (exact) mass is 477 g/mol. The fraction of sp³-hybridized carbons (Fsp3) is 0.391. The van der Waals surface area contributed by atoms with Gasteiger partial charge in [0.15, 0.2) is 0 Å². The number of nitrogens with one attached hydrogen (secondary N) is 2. The van der Waals surface area contributed by atoms with Crippen LogP contribution in [0.2, 0.25) is 5.02 Å². The molecule has 1 aliphatic rings. The average molecular weight is 478 g/mol. The number of sulfonamides is 1. The van der Waals surface area contributed by atoms with Gasteiger partial charge in [0, 0.05) is 29.8 Å². The van der Waals surface area contributed by atoms with Crippen molar-refractivity contribution in [2.24, 2.45) is 0 Å². The van der Waals surface area contributed by atoms with Gasteiger partial charge in [-0.1, -0.05) is 30.2 Å². The third kappa shape index (κ3) is 5.88. The minimum Gasteiger partial charge on any atom is -0.348 e. The molecule has 0 bridgehead atoms. The van der Waals surface area contributed by atoms with Crippen LogP contribution in [0.25, 0.3) is 0 Å². The summed E-state index contributed by atoms with van der Waals surface area (Å²) in [5.41, 5.74) is 2.44. The first kappa shape index (κ1) is 24.2. The molecule has 1 saturated heterocycles. The zero-order valence-electron chi connectivity index (χ0n) is 18.2. The molecule has 2 N–H and O–H groups in total. The van der Waals surface area contributed by atoms with Gasteiger partial charge in [-0.15, -0.1) is 0 Å². The van der Waals surface area contributed by atoms with Gasteiger partial charge in [0.1, 0.15) is 0 Å². The summed E-state index contributed by atoms with van der Waals surface area (Å²) < 4.78 is 27.7. The molecule has 2 amide bonds. The summed E-state index contributed by atoms with van der Waals surface area (Å²) in [6.45, 7) is 4.39. The maximum Gasteiger partial charge on any atom is 0.313 e. The van der Waals surface area contributed by atoms with Gasteiger partial charge in [0.25, 0.3) is 0 Å². The molecule has 32 heavy (non-hydrogen) atoms. The molecule has 3 rings (SSSR count). The van der Waals surface area contributed by atoms with Crippen molar-refractivity contribution in [3.8, 4) is 0 Å². The molecule has 2 aromatic carbocycles. The predicted octanol–water partition coefficient (Wildman–Crippen LogP) is 3.65. The lowest BCUT2D eigenvalue weighted by molar-refractivity contribution is -0.136. The quantitative estimate of drug-likeness (QED) is 0.621. The molecule has 1 heterocycles. The Balaban J connectivity index is 1.58. The Labute approximate surface area is 194 Å². The minimum absolute atomic E-state index is 0.200. The highest BCUT2D eigenvalue weighted by atomic mass is 35.5. The lowest BCUT2D eigenvalue weighted by Crippen LogP contribution is -2.45. The van der Waals surface area contributed by atoms with E-state index in [1.807, 2.05) is 32.0 Å². The fourth-order valence-corrected chi connectivity index (χ4v) is 5.65. The van der Waals surface area contributed by atoms with Crippen molar-refractivity contribution in [1.82, 2.24) is 9.62 Å². The summed E-state index contributed by atoms with van der Waals surface area (Å²) in [6, 6.07) is 11.5. The lowest BCUT2D eigenvalue weighted by Gasteiger charge is -2.34. The van der Waals surface area contributed by atoms with Crippen LogP contribution in [-0.2, 0) is 19.6 Å². The Morgan fingerprint density at radius 3 is 2.50 bits per heavy atom. The van der Waals surface area contributed by atoms with Gasteiger partial charge in [0.2, 0.25) is 10.0 Å². The molecule has 1 atom stereocenters. The van der Waals surface area contributed by atoms with E-state index < -0.39 is 21.8 Å². The van der Waals surface area contributed by atoms with E-state index >= 15 is 0 Å². The molecule has 0 saturated carbocycles. The number of hydrogen-bond acceptors (Lipinski definition) is 4. The number of halogens is 1. The van der Waals surface area contributed by atoms with Crippen LogP contribution in [0.5, 0.6) is 0 Å². The van der Waals surface area contributed by atoms with Gasteiger partial charge in [-0.2, -0.15) is 4.31 Å².